The van der Waals surface area contributed by atoms with E-state index < -0.39 is 0 Å². The Labute approximate surface area is 105 Å². The third-order valence-corrected chi connectivity index (χ3v) is 3.26. The quantitative estimate of drug-likeness (QED) is 0.395. The van der Waals surface area contributed by atoms with Crippen LogP contribution in [0.5, 0.6) is 0 Å². The molecule has 1 aromatic heterocycles. The van der Waals surface area contributed by atoms with Gasteiger partial charge in [-0.1, -0.05) is 45.4 Å². The summed E-state index contributed by atoms with van der Waals surface area (Å²) < 4.78 is 1.89. The zero-order chi connectivity index (χ0) is 12.5. The fraction of sp³-hybridized carbons (Fsp3) is 0.769. The van der Waals surface area contributed by atoms with E-state index in [1.807, 2.05) is 24.0 Å². The monoisotopic (exact) mass is 238 g/mol. The minimum Gasteiger partial charge on any atom is -0.271 e. The lowest BCUT2D eigenvalue weighted by atomic mass is 10.0. The highest BCUT2D eigenvalue weighted by Crippen LogP contribution is 2.18. The van der Waals surface area contributed by atoms with E-state index in [1.54, 1.807) is 0 Å². The van der Waals surface area contributed by atoms with Crippen LogP contribution in [0.1, 0.15) is 63.6 Å². The highest BCUT2D eigenvalue weighted by atomic mass is 15.3. The smallest absolute Gasteiger partial charge is 0.0628 e. The second kappa shape index (κ2) is 8.25. The molecule has 1 heterocycles. The molecular formula is C13H26N4. The summed E-state index contributed by atoms with van der Waals surface area (Å²) in [7, 11) is 1.96. The van der Waals surface area contributed by atoms with Crippen LogP contribution in [0.4, 0.5) is 0 Å². The van der Waals surface area contributed by atoms with Crippen molar-refractivity contribution in [1.82, 2.24) is 15.2 Å². The van der Waals surface area contributed by atoms with Crippen LogP contribution in [0.25, 0.3) is 0 Å². The number of hydrogen-bond donors (Lipinski definition) is 2. The number of hydrogen-bond acceptors (Lipinski definition) is 3. The van der Waals surface area contributed by atoms with Crippen LogP contribution >= 0.6 is 0 Å². The van der Waals surface area contributed by atoms with Crippen molar-refractivity contribution in [3.05, 3.63) is 18.0 Å². The molecule has 0 radical (unpaired) electrons. The molecule has 0 spiro atoms. The van der Waals surface area contributed by atoms with Gasteiger partial charge < -0.3 is 0 Å². The lowest BCUT2D eigenvalue weighted by molar-refractivity contribution is 0.452. The van der Waals surface area contributed by atoms with Gasteiger partial charge >= 0.3 is 0 Å². The second-order valence-electron chi connectivity index (χ2n) is 4.66. The molecule has 1 aromatic rings. The number of aryl methyl sites for hydroxylation is 1. The van der Waals surface area contributed by atoms with Crippen molar-refractivity contribution in [2.75, 3.05) is 0 Å². The molecule has 4 heteroatoms. The summed E-state index contributed by atoms with van der Waals surface area (Å²) in [6.45, 7) is 2.25. The van der Waals surface area contributed by atoms with Crippen molar-refractivity contribution in [3.8, 4) is 0 Å². The molecule has 4 nitrogen and oxygen atoms in total. The van der Waals surface area contributed by atoms with Crippen LogP contribution in [-0.2, 0) is 7.05 Å². The van der Waals surface area contributed by atoms with Crippen LogP contribution in [0.15, 0.2) is 12.3 Å². The molecule has 0 aliphatic heterocycles. The predicted molar refractivity (Wildman–Crippen MR) is 71.3 cm³/mol. The van der Waals surface area contributed by atoms with E-state index in [0.29, 0.717) is 0 Å². The fourth-order valence-corrected chi connectivity index (χ4v) is 2.17. The van der Waals surface area contributed by atoms with Crippen LogP contribution in [0, 0.1) is 0 Å². The first-order valence-electron chi connectivity index (χ1n) is 6.73. The molecule has 17 heavy (non-hydrogen) atoms. The van der Waals surface area contributed by atoms with E-state index in [2.05, 4.69) is 17.4 Å². The highest BCUT2D eigenvalue weighted by Gasteiger charge is 2.12. The summed E-state index contributed by atoms with van der Waals surface area (Å²) in [5.41, 5.74) is 4.05. The van der Waals surface area contributed by atoms with Gasteiger partial charge in [0.05, 0.1) is 11.7 Å². The Balaban J connectivity index is 2.22. The van der Waals surface area contributed by atoms with Crippen LogP contribution in [-0.4, -0.2) is 9.78 Å². The lowest BCUT2D eigenvalue weighted by Crippen LogP contribution is -2.29. The molecule has 1 rings (SSSR count). The van der Waals surface area contributed by atoms with Crippen LogP contribution in [0.2, 0.25) is 0 Å². The zero-order valence-corrected chi connectivity index (χ0v) is 11.2. The van der Waals surface area contributed by atoms with E-state index in [-0.39, 0.29) is 6.04 Å². The van der Waals surface area contributed by atoms with Crippen LogP contribution < -0.4 is 11.3 Å². The summed E-state index contributed by atoms with van der Waals surface area (Å²) in [4.78, 5) is 0. The Morgan fingerprint density at radius 3 is 2.59 bits per heavy atom. The molecule has 1 atom stereocenters. The molecule has 98 valence electrons. The van der Waals surface area contributed by atoms with Gasteiger partial charge in [-0.15, -0.1) is 0 Å². The average Bonchev–Trinajstić information content (AvgIpc) is 2.75. The van der Waals surface area contributed by atoms with Gasteiger partial charge in [-0.25, -0.2) is 0 Å². The van der Waals surface area contributed by atoms with E-state index in [9.17, 15) is 0 Å². The van der Waals surface area contributed by atoms with Gasteiger partial charge in [0, 0.05) is 13.2 Å². The van der Waals surface area contributed by atoms with E-state index in [1.165, 1.54) is 44.2 Å². The maximum atomic E-state index is 5.60. The Morgan fingerprint density at radius 2 is 2.00 bits per heavy atom. The topological polar surface area (TPSA) is 55.9 Å². The maximum absolute atomic E-state index is 5.60. The molecule has 0 aliphatic rings. The minimum atomic E-state index is 0.230. The average molecular weight is 238 g/mol. The van der Waals surface area contributed by atoms with Crippen molar-refractivity contribution in [3.63, 3.8) is 0 Å². The number of nitrogens with zero attached hydrogens (tertiary/aromatic N) is 2. The fourth-order valence-electron chi connectivity index (χ4n) is 2.17. The summed E-state index contributed by atoms with van der Waals surface area (Å²) >= 11 is 0. The van der Waals surface area contributed by atoms with E-state index in [0.717, 1.165) is 6.42 Å². The third kappa shape index (κ3) is 4.88. The third-order valence-electron chi connectivity index (χ3n) is 3.26. The number of aromatic nitrogens is 2. The van der Waals surface area contributed by atoms with Crippen LogP contribution in [0.3, 0.4) is 0 Å². The Kier molecular flexibility index (Phi) is 6.89. The molecule has 0 aromatic carbocycles. The van der Waals surface area contributed by atoms with Crippen molar-refractivity contribution in [2.45, 2.75) is 57.9 Å². The molecule has 1 unspecified atom stereocenters. The first-order chi connectivity index (χ1) is 8.29. The summed E-state index contributed by atoms with van der Waals surface area (Å²) in [6.07, 6.45) is 10.8. The molecule has 0 aliphatic carbocycles. The zero-order valence-electron chi connectivity index (χ0n) is 11.2. The first kappa shape index (κ1) is 14.2. The summed E-state index contributed by atoms with van der Waals surface area (Å²) in [6, 6.07) is 2.26. The number of nitrogens with two attached hydrogens (primary N) is 1. The minimum absolute atomic E-state index is 0.230. The number of rotatable bonds is 9. The van der Waals surface area contributed by atoms with Gasteiger partial charge in [0.15, 0.2) is 0 Å². The molecule has 0 saturated heterocycles. The Morgan fingerprint density at radius 1 is 1.29 bits per heavy atom. The maximum Gasteiger partial charge on any atom is 0.0628 e. The summed E-state index contributed by atoms with van der Waals surface area (Å²) in [5.74, 6) is 5.60. The van der Waals surface area contributed by atoms with Gasteiger partial charge in [-0.05, 0) is 12.5 Å². The second-order valence-corrected chi connectivity index (χ2v) is 4.66. The van der Waals surface area contributed by atoms with Gasteiger partial charge in [0.2, 0.25) is 0 Å². The van der Waals surface area contributed by atoms with E-state index in [4.69, 9.17) is 5.84 Å². The number of hydrazine groups is 1. The molecule has 3 N–H and O–H groups in total. The predicted octanol–water partition coefficient (Wildman–Crippen LogP) is 2.68. The standard InChI is InChI=1S/C13H26N4/c1-3-4-5-6-7-8-9-12(16-14)13-10-11-15-17(13)2/h10-12,16H,3-9,14H2,1-2H3. The van der Waals surface area contributed by atoms with Gasteiger partial charge in [-0.3, -0.25) is 16.0 Å². The van der Waals surface area contributed by atoms with Crippen molar-refractivity contribution in [1.29, 1.82) is 0 Å². The SMILES string of the molecule is CCCCCCCCC(NN)c1ccnn1C. The van der Waals surface area contributed by atoms with Gasteiger partial charge in [0.25, 0.3) is 0 Å². The molecule has 0 amide bonds. The first-order valence-corrected chi connectivity index (χ1v) is 6.73. The largest absolute Gasteiger partial charge is 0.271 e. The molecule has 0 bridgehead atoms. The van der Waals surface area contributed by atoms with Crippen molar-refractivity contribution in [2.24, 2.45) is 12.9 Å². The lowest BCUT2D eigenvalue weighted by Gasteiger charge is -2.15. The van der Waals surface area contributed by atoms with Crippen molar-refractivity contribution >= 4 is 0 Å². The van der Waals surface area contributed by atoms with E-state index >= 15 is 0 Å². The number of unbranched alkanes of at least 4 members (excludes halogenated alkanes) is 5. The molecular weight excluding hydrogens is 212 g/mol. The molecule has 0 saturated carbocycles. The summed E-state index contributed by atoms with van der Waals surface area (Å²) in [5, 5.41) is 4.18. The number of nitrogens with one attached hydrogen (secondary N) is 1. The Bertz CT molecular complexity index is 295. The van der Waals surface area contributed by atoms with Crippen molar-refractivity contribution < 1.29 is 0 Å². The Hall–Kier alpha value is -0.870. The van der Waals surface area contributed by atoms with Gasteiger partial charge in [0.1, 0.15) is 0 Å². The highest BCUT2D eigenvalue weighted by molar-refractivity contribution is 5.05. The molecule has 0 fully saturated rings. The van der Waals surface area contributed by atoms with Gasteiger partial charge in [-0.2, -0.15) is 5.10 Å². The normalized spacial score (nSPS) is 12.9.